The van der Waals surface area contributed by atoms with Crippen LogP contribution in [0.3, 0.4) is 0 Å². The van der Waals surface area contributed by atoms with Crippen molar-refractivity contribution in [2.45, 2.75) is 0 Å². The van der Waals surface area contributed by atoms with Crippen LogP contribution in [0.4, 0.5) is 0 Å². The number of nitrogens with zero attached hydrogens (tertiary/aromatic N) is 4. The van der Waals surface area contributed by atoms with E-state index in [1.807, 2.05) is 44.4 Å². The van der Waals surface area contributed by atoms with Crippen molar-refractivity contribution >= 4 is 21.8 Å². The molecule has 10 rings (SSSR count). The molecule has 0 fully saturated rings. The zero-order chi connectivity index (χ0) is 39.2. The molecule has 0 saturated carbocycles. The van der Waals surface area contributed by atoms with Crippen molar-refractivity contribution in [3.63, 3.8) is 0 Å². The normalized spacial score (nSPS) is 11.3. The molecule has 5 nitrogen and oxygen atoms in total. The van der Waals surface area contributed by atoms with E-state index in [1.165, 1.54) is 11.1 Å². The van der Waals surface area contributed by atoms with Crippen LogP contribution < -0.4 is 5.69 Å². The molecule has 0 unspecified atom stereocenters. The van der Waals surface area contributed by atoms with Gasteiger partial charge in [0, 0.05) is 30.8 Å². The Balaban J connectivity index is 0.994. The van der Waals surface area contributed by atoms with Crippen molar-refractivity contribution in [2.24, 2.45) is 14.1 Å². The van der Waals surface area contributed by atoms with E-state index in [0.29, 0.717) is 5.82 Å². The first-order valence-corrected chi connectivity index (χ1v) is 19.5. The summed E-state index contributed by atoms with van der Waals surface area (Å²) in [4.78, 5) is 22.8. The lowest BCUT2D eigenvalue weighted by molar-refractivity contribution is 0.795. The summed E-state index contributed by atoms with van der Waals surface area (Å²) in [6.07, 6.45) is 0. The number of hydrogen-bond donors (Lipinski definition) is 0. The number of imidazole rings is 1. The minimum absolute atomic E-state index is 0.0199. The van der Waals surface area contributed by atoms with Gasteiger partial charge in [-0.15, -0.1) is 0 Å². The van der Waals surface area contributed by atoms with E-state index < -0.39 is 0 Å². The molecule has 0 aliphatic carbocycles. The maximum absolute atomic E-state index is 12.5. The quantitative estimate of drug-likeness (QED) is 0.163. The van der Waals surface area contributed by atoms with Gasteiger partial charge < -0.3 is 0 Å². The molecule has 0 N–H and O–H groups in total. The lowest BCUT2D eigenvalue weighted by atomic mass is 9.92. The number of fused-ring (bicyclic) bond motifs is 2. The minimum Gasteiger partial charge on any atom is -0.295 e. The van der Waals surface area contributed by atoms with Gasteiger partial charge in [-0.2, -0.15) is 0 Å². The fraction of sp³-hybridized carbons (Fsp3) is 0.0377. The van der Waals surface area contributed by atoms with Gasteiger partial charge in [0.15, 0.2) is 5.82 Å². The van der Waals surface area contributed by atoms with E-state index in [9.17, 15) is 4.79 Å². The number of rotatable bonds is 7. The molecule has 276 valence electrons. The maximum atomic E-state index is 12.5. The van der Waals surface area contributed by atoms with Crippen molar-refractivity contribution in [1.82, 2.24) is 19.1 Å². The Kier molecular flexibility index (Phi) is 8.68. The molecule has 2 heterocycles. The third-order valence-electron chi connectivity index (χ3n) is 11.2. The number of aromatic nitrogens is 4. The van der Waals surface area contributed by atoms with E-state index >= 15 is 0 Å². The van der Waals surface area contributed by atoms with Crippen LogP contribution in [0, 0.1) is 0 Å². The van der Waals surface area contributed by atoms with E-state index in [0.717, 1.165) is 83.3 Å². The van der Waals surface area contributed by atoms with Gasteiger partial charge >= 0.3 is 5.69 Å². The second-order valence-electron chi connectivity index (χ2n) is 14.7. The van der Waals surface area contributed by atoms with Gasteiger partial charge in [0.25, 0.3) is 0 Å². The van der Waals surface area contributed by atoms with Gasteiger partial charge in [0.05, 0.1) is 22.4 Å². The van der Waals surface area contributed by atoms with Crippen molar-refractivity contribution in [3.8, 4) is 78.4 Å². The van der Waals surface area contributed by atoms with Crippen molar-refractivity contribution in [2.75, 3.05) is 0 Å². The van der Waals surface area contributed by atoms with Crippen LogP contribution in [0.5, 0.6) is 0 Å². The molecule has 5 heteroatoms. The Bertz CT molecular complexity index is 3180. The van der Waals surface area contributed by atoms with Crippen LogP contribution in [0.15, 0.2) is 199 Å². The average Bonchev–Trinajstić information content (AvgIpc) is 3.52. The van der Waals surface area contributed by atoms with Crippen molar-refractivity contribution in [3.05, 3.63) is 205 Å². The van der Waals surface area contributed by atoms with E-state index in [4.69, 9.17) is 9.97 Å². The third-order valence-corrected chi connectivity index (χ3v) is 11.2. The summed E-state index contributed by atoms with van der Waals surface area (Å²) < 4.78 is 3.39. The predicted octanol–water partition coefficient (Wildman–Crippen LogP) is 12.5. The van der Waals surface area contributed by atoms with E-state index in [-0.39, 0.29) is 5.69 Å². The predicted molar refractivity (Wildman–Crippen MR) is 239 cm³/mol. The highest BCUT2D eigenvalue weighted by atomic mass is 16.1. The highest BCUT2D eigenvalue weighted by molar-refractivity contribution is 6.05. The Morgan fingerprint density at radius 2 is 0.810 bits per heavy atom. The Morgan fingerprint density at radius 3 is 1.50 bits per heavy atom. The van der Waals surface area contributed by atoms with Crippen LogP contribution in [0.25, 0.3) is 100 Å². The number of aryl methyl sites for hydroxylation is 2. The van der Waals surface area contributed by atoms with Crippen LogP contribution in [-0.4, -0.2) is 19.1 Å². The lowest BCUT2D eigenvalue weighted by Crippen LogP contribution is -2.19. The van der Waals surface area contributed by atoms with E-state index in [2.05, 4.69) is 164 Å². The van der Waals surface area contributed by atoms with Gasteiger partial charge in [-0.3, -0.25) is 9.13 Å². The largest absolute Gasteiger partial charge is 0.328 e. The highest BCUT2D eigenvalue weighted by Gasteiger charge is 2.16. The van der Waals surface area contributed by atoms with Crippen LogP contribution >= 0.6 is 0 Å². The van der Waals surface area contributed by atoms with Crippen molar-refractivity contribution in [1.29, 1.82) is 0 Å². The van der Waals surface area contributed by atoms with Gasteiger partial charge in [-0.1, -0.05) is 170 Å². The third kappa shape index (κ3) is 6.29. The molecular formula is C53H38N4O. The zero-order valence-corrected chi connectivity index (χ0v) is 32.2. The summed E-state index contributed by atoms with van der Waals surface area (Å²) in [7, 11) is 3.63. The molecule has 0 amide bonds. The van der Waals surface area contributed by atoms with Gasteiger partial charge in [-0.25, -0.2) is 14.8 Å². The van der Waals surface area contributed by atoms with Crippen LogP contribution in [0.2, 0.25) is 0 Å². The van der Waals surface area contributed by atoms with Gasteiger partial charge in [0.1, 0.15) is 0 Å². The van der Waals surface area contributed by atoms with E-state index in [1.54, 1.807) is 9.13 Å². The summed E-state index contributed by atoms with van der Waals surface area (Å²) in [6, 6.07) is 68.1. The smallest absolute Gasteiger partial charge is 0.295 e. The molecule has 2 aromatic heterocycles. The van der Waals surface area contributed by atoms with Crippen LogP contribution in [-0.2, 0) is 14.1 Å². The molecule has 58 heavy (non-hydrogen) atoms. The molecular weight excluding hydrogens is 709 g/mol. The fourth-order valence-electron chi connectivity index (χ4n) is 8.10. The molecule has 0 aliphatic rings. The highest BCUT2D eigenvalue weighted by Crippen LogP contribution is 2.38. The summed E-state index contributed by atoms with van der Waals surface area (Å²) in [5.74, 6) is 0.694. The zero-order valence-electron chi connectivity index (χ0n) is 32.2. The topological polar surface area (TPSA) is 52.7 Å². The summed E-state index contributed by atoms with van der Waals surface area (Å²) >= 11 is 0. The minimum atomic E-state index is -0.0199. The summed E-state index contributed by atoms with van der Waals surface area (Å²) in [5, 5.41) is 2.30. The first kappa shape index (κ1) is 34.8. The monoisotopic (exact) mass is 746 g/mol. The Labute approximate surface area is 336 Å². The standard InChI is InChI=1S/C53H38N4O/c1-56-50-31-28-42(33-51(50)57(2)53(56)58)38-22-20-36(21-23-38)37-24-26-39(27-25-37)44-29-30-47(46-19-10-9-18-45(44)46)49-34-48(54-52(55-49)40-14-7-4-8-15-40)43-17-11-16-41(32-43)35-12-5-3-6-13-35/h3-34H,1-2H3. The molecule has 0 atom stereocenters. The molecule has 0 aliphatic heterocycles. The summed E-state index contributed by atoms with van der Waals surface area (Å²) in [6.45, 7) is 0. The molecule has 10 aromatic rings. The fourth-order valence-corrected chi connectivity index (χ4v) is 8.10. The number of hydrogen-bond acceptors (Lipinski definition) is 3. The Morgan fingerprint density at radius 1 is 0.345 bits per heavy atom. The first-order valence-electron chi connectivity index (χ1n) is 19.5. The lowest BCUT2D eigenvalue weighted by Gasteiger charge is -2.14. The maximum Gasteiger partial charge on any atom is 0.328 e. The number of benzene rings is 8. The van der Waals surface area contributed by atoms with Crippen LogP contribution in [0.1, 0.15) is 0 Å². The molecule has 0 bridgehead atoms. The summed E-state index contributed by atoms with van der Waals surface area (Å²) in [5.41, 5.74) is 15.8. The average molecular weight is 747 g/mol. The first-order chi connectivity index (χ1) is 28.5. The second kappa shape index (κ2) is 14.5. The molecule has 0 saturated heterocycles. The molecule has 8 aromatic carbocycles. The Hall–Kier alpha value is -7.63. The second-order valence-corrected chi connectivity index (χ2v) is 14.7. The van der Waals surface area contributed by atoms with Gasteiger partial charge in [0.2, 0.25) is 0 Å². The van der Waals surface area contributed by atoms with Crippen molar-refractivity contribution < 1.29 is 0 Å². The molecule has 0 radical (unpaired) electrons. The van der Waals surface area contributed by atoms with Gasteiger partial charge in [-0.05, 0) is 79.5 Å². The SMILES string of the molecule is Cn1c(=O)n(C)c2cc(-c3ccc(-c4ccc(-c5ccc(-c6cc(-c7cccc(-c8ccccc8)c7)nc(-c7ccccc7)n6)c6ccccc56)cc4)cc3)ccc21. The molecule has 0 spiro atoms.